The van der Waals surface area contributed by atoms with Crippen molar-refractivity contribution in [1.82, 2.24) is 20.1 Å². The molecule has 0 saturated carbocycles. The summed E-state index contributed by atoms with van der Waals surface area (Å²) in [6, 6.07) is 6.05. The minimum Gasteiger partial charge on any atom is -0.383 e. The molecule has 0 bridgehead atoms. The second-order valence-electron chi connectivity index (χ2n) is 7.00. The van der Waals surface area contributed by atoms with Crippen molar-refractivity contribution in [2.24, 2.45) is 0 Å². The second kappa shape index (κ2) is 9.53. The van der Waals surface area contributed by atoms with E-state index in [1.54, 1.807) is 25.4 Å². The number of nitriles is 1. The fourth-order valence-corrected chi connectivity index (χ4v) is 3.75. The lowest BCUT2D eigenvalue weighted by Crippen LogP contribution is -2.53. The molecule has 1 N–H and O–H groups in total. The van der Waals surface area contributed by atoms with Gasteiger partial charge >= 0.3 is 6.03 Å². The maximum absolute atomic E-state index is 12.5. The largest absolute Gasteiger partial charge is 0.383 e. The van der Waals surface area contributed by atoms with E-state index in [-0.39, 0.29) is 6.03 Å². The molecule has 2 fully saturated rings. The van der Waals surface area contributed by atoms with Gasteiger partial charge in [0, 0.05) is 58.6 Å². The van der Waals surface area contributed by atoms with E-state index in [1.165, 1.54) is 6.42 Å². The van der Waals surface area contributed by atoms with Crippen molar-refractivity contribution in [3.8, 4) is 6.07 Å². The lowest BCUT2D eigenvalue weighted by Gasteiger charge is -2.35. The molecule has 8 nitrogen and oxygen atoms in total. The van der Waals surface area contributed by atoms with Crippen LogP contribution in [0.3, 0.4) is 0 Å². The first-order chi connectivity index (χ1) is 13.2. The third-order valence-corrected chi connectivity index (χ3v) is 5.34. The van der Waals surface area contributed by atoms with Gasteiger partial charge in [0.15, 0.2) is 0 Å². The van der Waals surface area contributed by atoms with Crippen molar-refractivity contribution in [3.05, 3.63) is 23.9 Å². The van der Waals surface area contributed by atoms with E-state index in [0.29, 0.717) is 31.2 Å². The van der Waals surface area contributed by atoms with E-state index in [1.807, 2.05) is 4.90 Å². The van der Waals surface area contributed by atoms with Gasteiger partial charge in [-0.05, 0) is 31.5 Å². The summed E-state index contributed by atoms with van der Waals surface area (Å²) in [5.41, 5.74) is 0.606. The average molecular weight is 372 g/mol. The molecule has 27 heavy (non-hydrogen) atoms. The van der Waals surface area contributed by atoms with Crippen molar-refractivity contribution < 1.29 is 9.53 Å². The van der Waals surface area contributed by atoms with E-state index < -0.39 is 0 Å². The minimum atomic E-state index is 0.00646. The lowest BCUT2D eigenvalue weighted by atomic mass is 10.2. The van der Waals surface area contributed by atoms with Gasteiger partial charge in [0.25, 0.3) is 0 Å². The van der Waals surface area contributed by atoms with Crippen LogP contribution in [-0.2, 0) is 4.74 Å². The van der Waals surface area contributed by atoms with Crippen molar-refractivity contribution in [2.45, 2.75) is 18.9 Å². The highest BCUT2D eigenvalue weighted by atomic mass is 16.5. The molecule has 0 spiro atoms. The summed E-state index contributed by atoms with van der Waals surface area (Å²) in [6.45, 7) is 6.17. The zero-order valence-electron chi connectivity index (χ0n) is 15.9. The van der Waals surface area contributed by atoms with Crippen LogP contribution < -0.4 is 10.2 Å². The van der Waals surface area contributed by atoms with Crippen molar-refractivity contribution in [2.75, 3.05) is 64.4 Å². The van der Waals surface area contributed by atoms with Crippen LogP contribution in [-0.4, -0.2) is 86.4 Å². The Morgan fingerprint density at radius 1 is 1.37 bits per heavy atom. The number of ether oxygens (including phenoxy) is 1. The van der Waals surface area contributed by atoms with Gasteiger partial charge in [-0.25, -0.2) is 9.78 Å². The highest BCUT2D eigenvalue weighted by molar-refractivity contribution is 5.74. The molecule has 2 saturated heterocycles. The number of pyridine rings is 1. The average Bonchev–Trinajstić information content (AvgIpc) is 3.18. The molecule has 2 amide bonds. The molecular weight excluding hydrogens is 344 g/mol. The van der Waals surface area contributed by atoms with E-state index in [2.05, 4.69) is 26.2 Å². The molecule has 8 heteroatoms. The van der Waals surface area contributed by atoms with Crippen molar-refractivity contribution in [3.63, 3.8) is 0 Å². The van der Waals surface area contributed by atoms with Gasteiger partial charge in [0.1, 0.15) is 5.82 Å². The molecule has 3 heterocycles. The Kier molecular flexibility index (Phi) is 6.85. The van der Waals surface area contributed by atoms with E-state index in [0.717, 1.165) is 45.0 Å². The van der Waals surface area contributed by atoms with Gasteiger partial charge in [-0.1, -0.05) is 0 Å². The number of hydrogen-bond acceptors (Lipinski definition) is 6. The Labute approximate surface area is 160 Å². The SMILES string of the molecule is COCCN1CCCC1CNC(=O)N1CCN(c2cc(C#N)ccn2)CC1. The predicted octanol–water partition coefficient (Wildman–Crippen LogP) is 0.896. The summed E-state index contributed by atoms with van der Waals surface area (Å²) in [4.78, 5) is 23.2. The number of carbonyl (C=O) groups is 1. The number of hydrogen-bond donors (Lipinski definition) is 1. The molecule has 146 valence electrons. The molecule has 0 aliphatic carbocycles. The van der Waals surface area contributed by atoms with Crippen LogP contribution in [0.5, 0.6) is 0 Å². The molecule has 1 aromatic heterocycles. The number of nitrogens with one attached hydrogen (secondary N) is 1. The molecule has 0 radical (unpaired) electrons. The zero-order valence-corrected chi connectivity index (χ0v) is 15.9. The fraction of sp³-hybridized carbons (Fsp3) is 0.632. The smallest absolute Gasteiger partial charge is 0.317 e. The summed E-state index contributed by atoms with van der Waals surface area (Å²) in [6.07, 6.45) is 3.96. The Morgan fingerprint density at radius 2 is 2.19 bits per heavy atom. The van der Waals surface area contributed by atoms with Gasteiger partial charge < -0.3 is 19.9 Å². The fourth-order valence-electron chi connectivity index (χ4n) is 3.75. The molecule has 2 aliphatic rings. The third-order valence-electron chi connectivity index (χ3n) is 5.34. The van der Waals surface area contributed by atoms with Gasteiger partial charge in [0.2, 0.25) is 0 Å². The van der Waals surface area contributed by atoms with Gasteiger partial charge in [-0.3, -0.25) is 4.90 Å². The third kappa shape index (κ3) is 5.08. The van der Waals surface area contributed by atoms with E-state index in [9.17, 15) is 4.79 Å². The van der Waals surface area contributed by atoms with Crippen molar-refractivity contribution >= 4 is 11.8 Å². The Hall–Kier alpha value is -2.37. The van der Waals surface area contributed by atoms with Gasteiger partial charge in [0.05, 0.1) is 18.2 Å². The predicted molar refractivity (Wildman–Crippen MR) is 103 cm³/mol. The first-order valence-corrected chi connectivity index (χ1v) is 9.58. The summed E-state index contributed by atoms with van der Waals surface area (Å²) in [5.74, 6) is 0.800. The maximum Gasteiger partial charge on any atom is 0.317 e. The van der Waals surface area contributed by atoms with Crippen LogP contribution in [0.1, 0.15) is 18.4 Å². The number of nitrogens with zero attached hydrogens (tertiary/aromatic N) is 5. The standard InChI is InChI=1S/C19H28N6O2/c1-27-12-11-23-6-2-3-17(23)15-22-19(26)25-9-7-24(8-10-25)18-13-16(14-20)4-5-21-18/h4-5,13,17H,2-3,6-12,15H2,1H3,(H,22,26). The maximum atomic E-state index is 12.5. The van der Waals surface area contributed by atoms with Gasteiger partial charge in [-0.2, -0.15) is 5.26 Å². The Bertz CT molecular complexity index is 668. The first-order valence-electron chi connectivity index (χ1n) is 9.58. The molecular formula is C19H28N6O2. The molecule has 1 unspecified atom stereocenters. The number of rotatable bonds is 6. The molecule has 1 aromatic rings. The zero-order chi connectivity index (χ0) is 19.1. The summed E-state index contributed by atoms with van der Waals surface area (Å²) in [5, 5.41) is 12.1. The topological polar surface area (TPSA) is 84.7 Å². The number of aromatic nitrogens is 1. The first kappa shape index (κ1) is 19.4. The monoisotopic (exact) mass is 372 g/mol. The number of anilines is 1. The summed E-state index contributed by atoms with van der Waals surface area (Å²) < 4.78 is 5.17. The van der Waals surface area contributed by atoms with Crippen LogP contribution in [0.25, 0.3) is 0 Å². The Morgan fingerprint density at radius 3 is 2.93 bits per heavy atom. The number of piperazine rings is 1. The molecule has 0 aromatic carbocycles. The quantitative estimate of drug-likeness (QED) is 0.799. The van der Waals surface area contributed by atoms with Crippen LogP contribution in [0, 0.1) is 11.3 Å². The molecule has 2 aliphatic heterocycles. The van der Waals surface area contributed by atoms with Crippen LogP contribution in [0.15, 0.2) is 18.3 Å². The lowest BCUT2D eigenvalue weighted by molar-refractivity contribution is 0.139. The van der Waals surface area contributed by atoms with E-state index >= 15 is 0 Å². The molecule has 3 rings (SSSR count). The summed E-state index contributed by atoms with van der Waals surface area (Å²) in [7, 11) is 1.72. The number of likely N-dealkylation sites (tertiary alicyclic amines) is 1. The molecule has 1 atom stereocenters. The van der Waals surface area contributed by atoms with Crippen LogP contribution in [0.4, 0.5) is 10.6 Å². The Balaban J connectivity index is 1.44. The number of carbonyl (C=O) groups excluding carboxylic acids is 1. The highest BCUT2D eigenvalue weighted by Gasteiger charge is 2.26. The van der Waals surface area contributed by atoms with Crippen LogP contribution >= 0.6 is 0 Å². The number of methoxy groups -OCH3 is 1. The number of urea groups is 1. The normalized spacial score (nSPS) is 20.5. The number of amides is 2. The summed E-state index contributed by atoms with van der Waals surface area (Å²) >= 11 is 0. The highest BCUT2D eigenvalue weighted by Crippen LogP contribution is 2.17. The minimum absolute atomic E-state index is 0.00646. The van der Waals surface area contributed by atoms with Crippen LogP contribution in [0.2, 0.25) is 0 Å². The van der Waals surface area contributed by atoms with E-state index in [4.69, 9.17) is 10.00 Å². The van der Waals surface area contributed by atoms with Crippen molar-refractivity contribution in [1.29, 1.82) is 5.26 Å². The second-order valence-corrected chi connectivity index (χ2v) is 7.00. The van der Waals surface area contributed by atoms with Gasteiger partial charge in [-0.15, -0.1) is 0 Å².